The van der Waals surface area contributed by atoms with Crippen molar-refractivity contribution in [2.24, 2.45) is 0 Å². The van der Waals surface area contributed by atoms with Crippen molar-refractivity contribution < 1.29 is 4.79 Å². The second-order valence-corrected chi connectivity index (χ2v) is 6.81. The Morgan fingerprint density at radius 1 is 1.19 bits per heavy atom. The van der Waals surface area contributed by atoms with Crippen LogP contribution in [-0.4, -0.2) is 20.7 Å². The Morgan fingerprint density at radius 3 is 2.70 bits per heavy atom. The molecule has 2 aromatic heterocycles. The average molecular weight is 381 g/mol. The normalized spacial score (nSPS) is 12.4. The minimum absolute atomic E-state index is 0.177. The number of carbonyl (C=O) groups excluding carboxylic acids is 1. The summed E-state index contributed by atoms with van der Waals surface area (Å²) in [6.07, 6.45) is 1.62. The Labute approximate surface area is 159 Å². The van der Waals surface area contributed by atoms with Gasteiger partial charge in [0, 0.05) is 22.3 Å². The van der Waals surface area contributed by atoms with Gasteiger partial charge in [0.05, 0.1) is 11.7 Å². The molecule has 2 heterocycles. The predicted molar refractivity (Wildman–Crippen MR) is 106 cm³/mol. The molecule has 0 bridgehead atoms. The summed E-state index contributed by atoms with van der Waals surface area (Å²) in [5.74, 6) is -0.177. The third-order valence-corrected chi connectivity index (χ3v) is 4.92. The topological polar surface area (TPSA) is 79.8 Å². The number of aromatic amines is 1. The Balaban J connectivity index is 1.71. The van der Waals surface area contributed by atoms with E-state index in [4.69, 9.17) is 11.6 Å². The number of H-pyrrole nitrogens is 1. The van der Waals surface area contributed by atoms with Crippen LogP contribution in [0.2, 0.25) is 5.02 Å². The number of para-hydroxylation sites is 1. The number of carbonyl (C=O) groups is 1. The maximum atomic E-state index is 12.8. The second-order valence-electron chi connectivity index (χ2n) is 6.37. The molecule has 0 radical (unpaired) electrons. The summed E-state index contributed by atoms with van der Waals surface area (Å²) in [6.45, 7) is 2.17. The molecule has 0 unspecified atom stereocenters. The Bertz CT molecular complexity index is 1190. The van der Waals surface area contributed by atoms with E-state index in [1.54, 1.807) is 29.8 Å². The summed E-state index contributed by atoms with van der Waals surface area (Å²) in [6, 6.07) is 14.3. The highest BCUT2D eigenvalue weighted by Gasteiger charge is 2.22. The maximum Gasteiger partial charge on any atom is 0.288 e. The van der Waals surface area contributed by atoms with Crippen molar-refractivity contribution in [1.29, 1.82) is 0 Å². The molecule has 4 rings (SSSR count). The van der Waals surface area contributed by atoms with Gasteiger partial charge in [-0.25, -0.2) is 5.10 Å². The van der Waals surface area contributed by atoms with E-state index < -0.39 is 6.04 Å². The lowest BCUT2D eigenvalue weighted by Gasteiger charge is -2.16. The van der Waals surface area contributed by atoms with Gasteiger partial charge in [0.25, 0.3) is 5.56 Å². The highest BCUT2D eigenvalue weighted by atomic mass is 35.5. The van der Waals surface area contributed by atoms with E-state index in [0.29, 0.717) is 17.1 Å². The molecule has 0 saturated carbocycles. The SMILES string of the molecule is C[C@@H](C(=O)NCc1ccc(Cl)cc1)n1c2ccccc2c2cn[nH]c(=O)c21. The lowest BCUT2D eigenvalue weighted by atomic mass is 10.2. The fourth-order valence-electron chi connectivity index (χ4n) is 3.32. The van der Waals surface area contributed by atoms with Crippen LogP contribution >= 0.6 is 11.6 Å². The molecule has 4 aromatic rings. The molecule has 0 aliphatic rings. The molecule has 0 aliphatic carbocycles. The number of aromatic nitrogens is 3. The van der Waals surface area contributed by atoms with Crippen molar-refractivity contribution in [2.75, 3.05) is 0 Å². The number of fused-ring (bicyclic) bond motifs is 3. The van der Waals surface area contributed by atoms with Crippen molar-refractivity contribution in [3.05, 3.63) is 75.7 Å². The number of nitrogens with zero attached hydrogens (tertiary/aromatic N) is 2. The Kier molecular flexibility index (Phi) is 4.41. The van der Waals surface area contributed by atoms with Crippen LogP contribution in [0.25, 0.3) is 21.8 Å². The molecular weight excluding hydrogens is 364 g/mol. The van der Waals surface area contributed by atoms with Gasteiger partial charge < -0.3 is 9.88 Å². The number of hydrogen-bond donors (Lipinski definition) is 2. The average Bonchev–Trinajstić information content (AvgIpc) is 3.02. The molecule has 0 saturated heterocycles. The number of nitrogens with one attached hydrogen (secondary N) is 2. The zero-order chi connectivity index (χ0) is 19.0. The smallest absolute Gasteiger partial charge is 0.288 e. The quantitative estimate of drug-likeness (QED) is 0.569. The molecule has 27 heavy (non-hydrogen) atoms. The van der Waals surface area contributed by atoms with Crippen LogP contribution in [-0.2, 0) is 11.3 Å². The summed E-state index contributed by atoms with van der Waals surface area (Å²) >= 11 is 5.89. The van der Waals surface area contributed by atoms with Gasteiger partial charge in [-0.3, -0.25) is 9.59 Å². The number of benzene rings is 2. The zero-order valence-electron chi connectivity index (χ0n) is 14.6. The zero-order valence-corrected chi connectivity index (χ0v) is 15.3. The lowest BCUT2D eigenvalue weighted by Crippen LogP contribution is -2.31. The predicted octanol–water partition coefficient (Wildman–Crippen LogP) is 3.41. The molecule has 0 spiro atoms. The van der Waals surface area contributed by atoms with Crippen molar-refractivity contribution in [3.8, 4) is 0 Å². The second kappa shape index (κ2) is 6.89. The third kappa shape index (κ3) is 3.08. The molecule has 2 aromatic carbocycles. The summed E-state index contributed by atoms with van der Waals surface area (Å²) < 4.78 is 1.77. The van der Waals surface area contributed by atoms with Gasteiger partial charge in [-0.2, -0.15) is 5.10 Å². The monoisotopic (exact) mass is 380 g/mol. The summed E-state index contributed by atoms with van der Waals surface area (Å²) in [5.41, 5.74) is 1.89. The highest BCUT2D eigenvalue weighted by molar-refractivity contribution is 6.30. The van der Waals surface area contributed by atoms with Gasteiger partial charge in [0.15, 0.2) is 0 Å². The Hall–Kier alpha value is -3.12. The largest absolute Gasteiger partial charge is 0.350 e. The molecular formula is C20H17ClN4O2. The molecule has 1 amide bonds. The number of halogens is 1. The van der Waals surface area contributed by atoms with Crippen molar-refractivity contribution in [3.63, 3.8) is 0 Å². The first kappa shape index (κ1) is 17.3. The molecule has 1 atom stereocenters. The van der Waals surface area contributed by atoms with E-state index in [2.05, 4.69) is 15.5 Å². The fourth-order valence-corrected chi connectivity index (χ4v) is 3.44. The van der Waals surface area contributed by atoms with Gasteiger partial charge in [-0.05, 0) is 30.7 Å². The summed E-state index contributed by atoms with van der Waals surface area (Å²) in [4.78, 5) is 25.2. The van der Waals surface area contributed by atoms with E-state index in [1.807, 2.05) is 36.4 Å². The fraction of sp³-hybridized carbons (Fsp3) is 0.150. The number of amides is 1. The first-order valence-electron chi connectivity index (χ1n) is 8.54. The molecule has 136 valence electrons. The van der Waals surface area contributed by atoms with Crippen LogP contribution in [0.15, 0.2) is 59.5 Å². The van der Waals surface area contributed by atoms with E-state index in [-0.39, 0.29) is 11.5 Å². The van der Waals surface area contributed by atoms with Crippen LogP contribution in [0.1, 0.15) is 18.5 Å². The van der Waals surface area contributed by atoms with Crippen molar-refractivity contribution >= 4 is 39.3 Å². The highest BCUT2D eigenvalue weighted by Crippen LogP contribution is 2.29. The van der Waals surface area contributed by atoms with Gasteiger partial charge in [-0.15, -0.1) is 0 Å². The Morgan fingerprint density at radius 2 is 1.93 bits per heavy atom. The number of hydrogen-bond acceptors (Lipinski definition) is 3. The van der Waals surface area contributed by atoms with Gasteiger partial charge in [0.2, 0.25) is 5.91 Å². The van der Waals surface area contributed by atoms with Gasteiger partial charge in [-0.1, -0.05) is 41.9 Å². The van der Waals surface area contributed by atoms with Crippen molar-refractivity contribution in [2.45, 2.75) is 19.5 Å². The van der Waals surface area contributed by atoms with Crippen LogP contribution < -0.4 is 10.9 Å². The third-order valence-electron chi connectivity index (χ3n) is 4.67. The standard InChI is InChI=1S/C20H17ClN4O2/c1-12(19(26)22-10-13-6-8-14(21)9-7-13)25-17-5-3-2-4-15(17)16-11-23-24-20(27)18(16)25/h2-9,11-12H,10H2,1H3,(H,22,26)(H,24,27)/t12-/m0/s1. The van der Waals surface area contributed by atoms with Crippen molar-refractivity contribution in [1.82, 2.24) is 20.1 Å². The summed E-state index contributed by atoms with van der Waals surface area (Å²) in [5, 5.41) is 11.6. The van der Waals surface area contributed by atoms with Crippen LogP contribution in [0.5, 0.6) is 0 Å². The van der Waals surface area contributed by atoms with E-state index in [9.17, 15) is 9.59 Å². The van der Waals surface area contributed by atoms with E-state index in [1.165, 1.54) is 0 Å². The van der Waals surface area contributed by atoms with Crippen LogP contribution in [0.3, 0.4) is 0 Å². The molecule has 7 heteroatoms. The van der Waals surface area contributed by atoms with Gasteiger partial charge in [0.1, 0.15) is 11.6 Å². The molecule has 2 N–H and O–H groups in total. The van der Waals surface area contributed by atoms with Crippen LogP contribution in [0, 0.1) is 0 Å². The van der Waals surface area contributed by atoms with E-state index >= 15 is 0 Å². The summed E-state index contributed by atoms with van der Waals surface area (Å²) in [7, 11) is 0. The molecule has 6 nitrogen and oxygen atoms in total. The molecule has 0 fully saturated rings. The maximum absolute atomic E-state index is 12.8. The van der Waals surface area contributed by atoms with Crippen LogP contribution in [0.4, 0.5) is 0 Å². The minimum atomic E-state index is -0.566. The first-order chi connectivity index (χ1) is 13.1. The molecule has 0 aliphatic heterocycles. The first-order valence-corrected chi connectivity index (χ1v) is 8.92. The lowest BCUT2D eigenvalue weighted by molar-refractivity contribution is -0.123. The minimum Gasteiger partial charge on any atom is -0.350 e. The number of rotatable bonds is 4. The van der Waals surface area contributed by atoms with Gasteiger partial charge >= 0.3 is 0 Å². The van der Waals surface area contributed by atoms with E-state index in [0.717, 1.165) is 21.9 Å².